The van der Waals surface area contributed by atoms with E-state index in [1.54, 1.807) is 0 Å². The first-order valence-corrected chi connectivity index (χ1v) is 43.7. The number of phosphoric acid groups is 2. The Hall–Kier alpha value is -2.46. The van der Waals surface area contributed by atoms with Crippen molar-refractivity contribution in [3.63, 3.8) is 0 Å². The van der Waals surface area contributed by atoms with Gasteiger partial charge in [0.15, 0.2) is 12.2 Å². The summed E-state index contributed by atoms with van der Waals surface area (Å²) in [7, 11) is -9.93. The zero-order chi connectivity index (χ0) is 73.0. The number of rotatable bonds is 76. The maximum Gasteiger partial charge on any atom is 0.472 e. The van der Waals surface area contributed by atoms with Crippen molar-refractivity contribution in [2.75, 3.05) is 39.6 Å². The maximum absolute atomic E-state index is 13.1. The molecule has 17 nitrogen and oxygen atoms in total. The molecule has 0 heterocycles. The molecule has 0 amide bonds. The van der Waals surface area contributed by atoms with Gasteiger partial charge in [0.25, 0.3) is 0 Å². The van der Waals surface area contributed by atoms with Crippen molar-refractivity contribution in [1.82, 2.24) is 0 Å². The van der Waals surface area contributed by atoms with Crippen LogP contribution in [0.2, 0.25) is 0 Å². The van der Waals surface area contributed by atoms with Crippen molar-refractivity contribution in [2.45, 2.75) is 407 Å². The third-order valence-corrected chi connectivity index (χ3v) is 20.6. The maximum atomic E-state index is 13.1. The highest BCUT2D eigenvalue weighted by Crippen LogP contribution is 2.45. The Morgan fingerprint density at radius 3 is 0.899 bits per heavy atom. The second-order valence-corrected chi connectivity index (χ2v) is 32.0. The van der Waals surface area contributed by atoms with E-state index in [9.17, 15) is 43.2 Å². The number of unbranched alkanes of at least 4 members (excludes halogenated alkanes) is 39. The minimum Gasteiger partial charge on any atom is -0.462 e. The average Bonchev–Trinajstić information content (AvgIpc) is 1.01. The van der Waals surface area contributed by atoms with E-state index in [1.165, 1.54) is 180 Å². The van der Waals surface area contributed by atoms with E-state index in [0.717, 1.165) is 127 Å². The van der Waals surface area contributed by atoms with Crippen molar-refractivity contribution >= 4 is 39.5 Å². The number of ether oxygens (including phenoxy) is 4. The van der Waals surface area contributed by atoms with Crippen molar-refractivity contribution in [1.29, 1.82) is 0 Å². The summed E-state index contributed by atoms with van der Waals surface area (Å²) < 4.78 is 68.6. The molecule has 3 N–H and O–H groups in total. The zero-order valence-corrected chi connectivity index (χ0v) is 66.2. The Morgan fingerprint density at radius 2 is 0.596 bits per heavy atom. The Bertz CT molecular complexity index is 2020. The second-order valence-electron chi connectivity index (χ2n) is 29.1. The summed E-state index contributed by atoms with van der Waals surface area (Å²) in [6, 6.07) is 0. The highest BCUT2D eigenvalue weighted by atomic mass is 31.2. The van der Waals surface area contributed by atoms with E-state index < -0.39 is 97.5 Å². The summed E-state index contributed by atoms with van der Waals surface area (Å²) in [5.41, 5.74) is 0. The van der Waals surface area contributed by atoms with E-state index in [4.69, 9.17) is 37.0 Å². The highest BCUT2D eigenvalue weighted by Gasteiger charge is 2.30. The Balaban J connectivity index is 5.28. The lowest BCUT2D eigenvalue weighted by molar-refractivity contribution is -0.161. The number of carbonyl (C=O) groups is 4. The molecule has 0 saturated heterocycles. The molecule has 584 valence electrons. The summed E-state index contributed by atoms with van der Waals surface area (Å²) in [6.45, 7) is 11.9. The number of aliphatic hydroxyl groups is 1. The van der Waals surface area contributed by atoms with Crippen LogP contribution < -0.4 is 0 Å². The molecular formula is C80H152O17P2. The van der Waals surface area contributed by atoms with Crippen LogP contribution in [0.25, 0.3) is 0 Å². The number of phosphoric ester groups is 2. The van der Waals surface area contributed by atoms with E-state index in [-0.39, 0.29) is 25.7 Å². The Kier molecular flexibility index (Phi) is 68.1. The molecule has 0 rings (SSSR count). The van der Waals surface area contributed by atoms with Gasteiger partial charge < -0.3 is 33.8 Å². The third kappa shape index (κ3) is 71.0. The highest BCUT2D eigenvalue weighted by molar-refractivity contribution is 7.47. The summed E-state index contributed by atoms with van der Waals surface area (Å²) in [6.07, 6.45) is 60.4. The first-order chi connectivity index (χ1) is 47.8. The number of hydrogen-bond acceptors (Lipinski definition) is 15. The molecule has 4 unspecified atom stereocenters. The van der Waals surface area contributed by atoms with Gasteiger partial charge in [0, 0.05) is 25.7 Å². The molecule has 0 bridgehead atoms. The molecule has 0 aliphatic carbocycles. The van der Waals surface area contributed by atoms with Crippen molar-refractivity contribution in [2.24, 2.45) is 17.8 Å². The Labute approximate surface area is 605 Å². The van der Waals surface area contributed by atoms with Crippen molar-refractivity contribution in [3.05, 3.63) is 24.3 Å². The van der Waals surface area contributed by atoms with Gasteiger partial charge in [-0.3, -0.25) is 37.3 Å². The molecule has 0 saturated carbocycles. The van der Waals surface area contributed by atoms with Gasteiger partial charge in [-0.15, -0.1) is 0 Å². The van der Waals surface area contributed by atoms with Crippen molar-refractivity contribution in [3.8, 4) is 0 Å². The molecule has 0 radical (unpaired) electrons. The average molecular weight is 1450 g/mol. The lowest BCUT2D eigenvalue weighted by Gasteiger charge is -2.21. The number of esters is 4. The first-order valence-electron chi connectivity index (χ1n) is 40.7. The standard InChI is InChI=1S/C80H152O17P2/c1-8-11-12-13-14-15-16-17-18-25-30-35-40-49-56-63-79(84)96-75(67-90-77(82)61-54-47-39-34-29-24-20-19-23-28-33-38-45-52-59-72(6)9-2)69-94-98(86,87)92-65-74(81)66-93-99(88,89)95-70-76(68-91-78(83)62-55-48-43-42-46-53-60-73(7)10-3)97-80(85)64-57-50-41-36-31-26-21-22-27-32-37-44-51-58-71(4)5/h15-18,71-76,81H,8-14,19-70H2,1-7H3,(H,86,87)(H,88,89)/b16-15-,18-17-/t72?,73?,74-,75-,76-/m1/s1. The normalized spacial score (nSPS) is 14.7. The van der Waals surface area contributed by atoms with Gasteiger partial charge in [-0.1, -0.05) is 336 Å². The quantitative estimate of drug-likeness (QED) is 0.0169. The molecule has 0 aromatic rings. The number of aliphatic hydroxyl groups excluding tert-OH is 1. The predicted octanol–water partition coefficient (Wildman–Crippen LogP) is 23.3. The van der Waals surface area contributed by atoms with Crippen LogP contribution in [0.4, 0.5) is 0 Å². The number of carbonyl (C=O) groups excluding carboxylic acids is 4. The van der Waals surface area contributed by atoms with Gasteiger partial charge in [-0.2, -0.15) is 0 Å². The van der Waals surface area contributed by atoms with Gasteiger partial charge in [-0.25, -0.2) is 9.13 Å². The van der Waals surface area contributed by atoms with E-state index in [0.29, 0.717) is 25.7 Å². The minimum atomic E-state index is -4.97. The molecule has 19 heteroatoms. The summed E-state index contributed by atoms with van der Waals surface area (Å²) >= 11 is 0. The molecule has 7 atom stereocenters. The molecule has 99 heavy (non-hydrogen) atoms. The van der Waals surface area contributed by atoms with Crippen LogP contribution in [0.5, 0.6) is 0 Å². The fourth-order valence-corrected chi connectivity index (χ4v) is 13.3. The predicted molar refractivity (Wildman–Crippen MR) is 404 cm³/mol. The Morgan fingerprint density at radius 1 is 0.333 bits per heavy atom. The van der Waals surface area contributed by atoms with Crippen LogP contribution in [-0.2, 0) is 65.4 Å². The van der Waals surface area contributed by atoms with E-state index >= 15 is 0 Å². The molecule has 0 aliphatic heterocycles. The number of allylic oxidation sites excluding steroid dienone is 4. The monoisotopic (exact) mass is 1450 g/mol. The largest absolute Gasteiger partial charge is 0.472 e. The molecular weight excluding hydrogens is 1290 g/mol. The zero-order valence-electron chi connectivity index (χ0n) is 64.4. The van der Waals surface area contributed by atoms with E-state index in [2.05, 4.69) is 72.8 Å². The van der Waals surface area contributed by atoms with Crippen LogP contribution in [0.1, 0.15) is 389 Å². The van der Waals surface area contributed by atoms with Crippen molar-refractivity contribution < 1.29 is 80.2 Å². The fraction of sp³-hybridized carbons (Fsp3) is 0.900. The first kappa shape index (κ1) is 96.5. The smallest absolute Gasteiger partial charge is 0.462 e. The molecule has 0 spiro atoms. The van der Waals surface area contributed by atoms with Crippen LogP contribution in [0.15, 0.2) is 24.3 Å². The lowest BCUT2D eigenvalue weighted by atomic mass is 9.99. The van der Waals surface area contributed by atoms with Crippen LogP contribution in [-0.4, -0.2) is 96.7 Å². The lowest BCUT2D eigenvalue weighted by Crippen LogP contribution is -2.30. The molecule has 0 aliphatic rings. The van der Waals surface area contributed by atoms with Gasteiger partial charge in [0.05, 0.1) is 26.4 Å². The summed E-state index contributed by atoms with van der Waals surface area (Å²) in [5, 5.41) is 10.6. The van der Waals surface area contributed by atoms with E-state index in [1.807, 2.05) is 0 Å². The summed E-state index contributed by atoms with van der Waals surface area (Å²) in [5.74, 6) is 0.218. The van der Waals surface area contributed by atoms with Gasteiger partial charge >= 0.3 is 39.5 Å². The topological polar surface area (TPSA) is 237 Å². The second kappa shape index (κ2) is 69.9. The van der Waals surface area contributed by atoms with Gasteiger partial charge in [0.1, 0.15) is 19.3 Å². The molecule has 0 aromatic heterocycles. The SMILES string of the molecule is CCCCCC/C=C\C=C/CCCCCCCC(=O)O[C@H](COC(=O)CCCCCCCCCCCCCCCCC(C)CC)COP(=O)(O)OC[C@@H](O)COP(=O)(O)OC[C@@H](COC(=O)CCCCCCCCC(C)CC)OC(=O)CCCCCCCCCCCCCCCC(C)C. The van der Waals surface area contributed by atoms with Crippen LogP contribution in [0.3, 0.4) is 0 Å². The molecule has 0 aromatic carbocycles. The summed E-state index contributed by atoms with van der Waals surface area (Å²) in [4.78, 5) is 73.0. The third-order valence-electron chi connectivity index (χ3n) is 18.7. The minimum absolute atomic E-state index is 0.0850. The van der Waals surface area contributed by atoms with Gasteiger partial charge in [-0.05, 0) is 69.1 Å². The fourth-order valence-electron chi connectivity index (χ4n) is 11.7. The van der Waals surface area contributed by atoms with Gasteiger partial charge in [0.2, 0.25) is 0 Å². The molecule has 0 fully saturated rings. The van der Waals surface area contributed by atoms with Crippen LogP contribution >= 0.6 is 15.6 Å². The number of hydrogen-bond donors (Lipinski definition) is 3. The van der Waals surface area contributed by atoms with Crippen LogP contribution in [0, 0.1) is 17.8 Å².